The Hall–Kier alpha value is -4.10. The van der Waals surface area contributed by atoms with E-state index in [4.69, 9.17) is 12.8 Å². The van der Waals surface area contributed by atoms with Crippen molar-refractivity contribution in [2.45, 2.75) is 26.2 Å². The second-order valence-electron chi connectivity index (χ2n) is 7.93. The summed E-state index contributed by atoms with van der Waals surface area (Å²) in [6.07, 6.45) is 11.2. The second-order valence-corrected chi connectivity index (χ2v) is 7.93. The van der Waals surface area contributed by atoms with E-state index in [1.807, 2.05) is 54.6 Å². The summed E-state index contributed by atoms with van der Waals surface area (Å²) in [7, 11) is 0. The van der Waals surface area contributed by atoms with Gasteiger partial charge in [0.15, 0.2) is 0 Å². The van der Waals surface area contributed by atoms with Crippen molar-refractivity contribution in [1.82, 2.24) is 0 Å². The van der Waals surface area contributed by atoms with Gasteiger partial charge in [0, 0.05) is 33.4 Å². The highest BCUT2D eigenvalue weighted by atomic mass is 14.2. The van der Waals surface area contributed by atoms with Gasteiger partial charge in [-0.25, -0.2) is 0 Å². The number of hydrogen-bond acceptors (Lipinski definition) is 0. The van der Waals surface area contributed by atoms with Crippen molar-refractivity contribution < 1.29 is 0 Å². The van der Waals surface area contributed by atoms with E-state index in [1.54, 1.807) is 0 Å². The van der Waals surface area contributed by atoms with E-state index < -0.39 is 0 Å². The Bertz CT molecular complexity index is 1200. The normalized spacial score (nSPS) is 9.90. The van der Waals surface area contributed by atoms with Crippen LogP contribution in [0.4, 0.5) is 0 Å². The molecule has 0 amide bonds. The third-order valence-corrected chi connectivity index (χ3v) is 4.65. The predicted molar refractivity (Wildman–Crippen MR) is 126 cm³/mol. The van der Waals surface area contributed by atoms with Gasteiger partial charge < -0.3 is 0 Å². The van der Waals surface area contributed by atoms with Gasteiger partial charge in [-0.2, -0.15) is 0 Å². The molecule has 3 rings (SSSR count). The third kappa shape index (κ3) is 5.03. The second kappa shape index (κ2) is 8.93. The number of terminal acetylenes is 2. The minimum absolute atomic E-state index is 0.0262. The average Bonchev–Trinajstić information content (AvgIpc) is 2.76. The minimum atomic E-state index is -0.0262. The summed E-state index contributed by atoms with van der Waals surface area (Å²) in [5.41, 5.74) is 6.24. The van der Waals surface area contributed by atoms with E-state index in [0.29, 0.717) is 0 Å². The van der Waals surface area contributed by atoms with Crippen molar-refractivity contribution in [3.8, 4) is 48.4 Å². The number of benzene rings is 3. The van der Waals surface area contributed by atoms with Crippen LogP contribution in [-0.2, 0) is 5.41 Å². The van der Waals surface area contributed by atoms with Gasteiger partial charge in [-0.15, -0.1) is 12.8 Å². The molecule has 0 fully saturated rings. The summed E-state index contributed by atoms with van der Waals surface area (Å²) in [6.45, 7) is 6.54. The molecule has 0 nitrogen and oxygen atoms in total. The Kier molecular flexibility index (Phi) is 6.14. The molecule has 0 heteroatoms. The van der Waals surface area contributed by atoms with Crippen molar-refractivity contribution in [3.05, 3.63) is 106 Å². The third-order valence-electron chi connectivity index (χ3n) is 4.65. The van der Waals surface area contributed by atoms with Crippen LogP contribution in [0.5, 0.6) is 0 Å². The first-order valence-corrected chi connectivity index (χ1v) is 9.71. The molecular formula is C30H22. The molecule has 0 radical (unpaired) electrons. The van der Waals surface area contributed by atoms with Gasteiger partial charge in [0.05, 0.1) is 0 Å². The van der Waals surface area contributed by atoms with Gasteiger partial charge in [-0.05, 0) is 53.4 Å². The first-order chi connectivity index (χ1) is 14.4. The first-order valence-electron chi connectivity index (χ1n) is 9.71. The molecular weight excluding hydrogens is 360 g/mol. The summed E-state index contributed by atoms with van der Waals surface area (Å²) in [5.74, 6) is 18.3. The van der Waals surface area contributed by atoms with Crippen molar-refractivity contribution in [2.75, 3.05) is 0 Å². The quantitative estimate of drug-likeness (QED) is 0.435. The maximum Gasteiger partial charge on any atom is 0.0405 e. The van der Waals surface area contributed by atoms with Crippen LogP contribution in [0.2, 0.25) is 0 Å². The van der Waals surface area contributed by atoms with E-state index in [-0.39, 0.29) is 5.41 Å². The largest absolute Gasteiger partial charge is 0.115 e. The van der Waals surface area contributed by atoms with Crippen LogP contribution in [0.3, 0.4) is 0 Å². The fourth-order valence-electron chi connectivity index (χ4n) is 2.92. The summed E-state index contributed by atoms with van der Waals surface area (Å²) >= 11 is 0. The lowest BCUT2D eigenvalue weighted by Crippen LogP contribution is -2.11. The summed E-state index contributed by atoms with van der Waals surface area (Å²) in [5, 5.41) is 0. The van der Waals surface area contributed by atoms with Crippen LogP contribution in [0.15, 0.2) is 66.7 Å². The van der Waals surface area contributed by atoms with E-state index in [9.17, 15) is 0 Å². The summed E-state index contributed by atoms with van der Waals surface area (Å²) in [4.78, 5) is 0. The van der Waals surface area contributed by atoms with Crippen LogP contribution >= 0.6 is 0 Å². The number of rotatable bonds is 0. The summed E-state index contributed by atoms with van der Waals surface area (Å²) < 4.78 is 0. The molecule has 0 N–H and O–H groups in total. The minimum Gasteiger partial charge on any atom is -0.115 e. The van der Waals surface area contributed by atoms with E-state index >= 15 is 0 Å². The Morgan fingerprint density at radius 2 is 0.967 bits per heavy atom. The van der Waals surface area contributed by atoms with Gasteiger partial charge in [0.1, 0.15) is 0 Å². The van der Waals surface area contributed by atoms with Crippen molar-refractivity contribution in [3.63, 3.8) is 0 Å². The highest BCUT2D eigenvalue weighted by Gasteiger charge is 2.14. The molecule has 30 heavy (non-hydrogen) atoms. The fraction of sp³-hybridized carbons (Fsp3) is 0.133. The Labute approximate surface area is 180 Å². The van der Waals surface area contributed by atoms with Gasteiger partial charge >= 0.3 is 0 Å². The van der Waals surface area contributed by atoms with E-state index in [0.717, 1.165) is 33.4 Å². The van der Waals surface area contributed by atoms with E-state index in [1.165, 1.54) is 5.56 Å². The van der Waals surface area contributed by atoms with E-state index in [2.05, 4.69) is 68.4 Å². The Morgan fingerprint density at radius 1 is 0.567 bits per heavy atom. The molecule has 142 valence electrons. The summed E-state index contributed by atoms with van der Waals surface area (Å²) in [6, 6.07) is 21.6. The van der Waals surface area contributed by atoms with Crippen molar-refractivity contribution in [2.24, 2.45) is 0 Å². The van der Waals surface area contributed by atoms with Gasteiger partial charge in [-0.1, -0.05) is 80.6 Å². The molecule has 0 saturated heterocycles. The smallest absolute Gasteiger partial charge is 0.0405 e. The topological polar surface area (TPSA) is 0 Å². The zero-order valence-electron chi connectivity index (χ0n) is 17.5. The predicted octanol–water partition coefficient (Wildman–Crippen LogP) is 5.75. The Morgan fingerprint density at radius 3 is 1.33 bits per heavy atom. The lowest BCUT2D eigenvalue weighted by molar-refractivity contribution is 0.590. The molecule has 3 aromatic carbocycles. The zero-order chi connectivity index (χ0) is 21.6. The van der Waals surface area contributed by atoms with Gasteiger partial charge in [0.2, 0.25) is 0 Å². The van der Waals surface area contributed by atoms with Crippen LogP contribution in [0.1, 0.15) is 59.7 Å². The number of hydrogen-bond donors (Lipinski definition) is 0. The fourth-order valence-corrected chi connectivity index (χ4v) is 2.92. The zero-order valence-corrected chi connectivity index (χ0v) is 17.5. The SMILES string of the molecule is C#Cc1ccccc1C#Cc1cc(C#Cc2ccccc2C#C)cc(C(C)(C)C)c1. The Balaban J connectivity index is 2.07. The highest BCUT2D eigenvalue weighted by molar-refractivity contribution is 5.56. The lowest BCUT2D eigenvalue weighted by atomic mass is 9.85. The molecule has 0 bridgehead atoms. The molecule has 0 spiro atoms. The molecule has 0 saturated carbocycles. The maximum absolute atomic E-state index is 5.59. The standard InChI is InChI=1S/C30H22/c1-6-25-12-8-10-14-27(25)18-16-23-20-24(22-29(21-23)30(3,4)5)17-19-28-15-11-9-13-26(28)7-2/h1-2,8-15,20-22H,3-5H3. The van der Waals surface area contributed by atoms with Crippen LogP contribution in [0, 0.1) is 48.4 Å². The average molecular weight is 383 g/mol. The molecule has 0 aromatic heterocycles. The van der Waals surface area contributed by atoms with Crippen molar-refractivity contribution in [1.29, 1.82) is 0 Å². The molecule has 0 unspecified atom stereocenters. The lowest BCUT2D eigenvalue weighted by Gasteiger charge is -2.19. The molecule has 0 aliphatic carbocycles. The maximum atomic E-state index is 5.59. The van der Waals surface area contributed by atoms with Crippen molar-refractivity contribution >= 4 is 0 Å². The van der Waals surface area contributed by atoms with Gasteiger partial charge in [0.25, 0.3) is 0 Å². The van der Waals surface area contributed by atoms with Crippen LogP contribution < -0.4 is 0 Å². The molecule has 0 aliphatic rings. The molecule has 3 aromatic rings. The molecule has 0 heterocycles. The highest BCUT2D eigenvalue weighted by Crippen LogP contribution is 2.24. The van der Waals surface area contributed by atoms with Gasteiger partial charge in [-0.3, -0.25) is 0 Å². The molecule has 0 aliphatic heterocycles. The monoisotopic (exact) mass is 382 g/mol. The first kappa shape index (κ1) is 20.6. The van der Waals surface area contributed by atoms with Crippen LogP contribution in [0.25, 0.3) is 0 Å². The van der Waals surface area contributed by atoms with Crippen LogP contribution in [-0.4, -0.2) is 0 Å². The molecule has 0 atom stereocenters.